The number of ether oxygens (including phenoxy) is 1. The van der Waals surface area contributed by atoms with E-state index in [1.165, 1.54) is 23.3 Å². The van der Waals surface area contributed by atoms with Crippen molar-refractivity contribution in [3.05, 3.63) is 88.1 Å². The summed E-state index contributed by atoms with van der Waals surface area (Å²) in [6.45, 7) is 3.08. The van der Waals surface area contributed by atoms with E-state index >= 15 is 0 Å². The summed E-state index contributed by atoms with van der Waals surface area (Å²) in [5.41, 5.74) is 3.69. The van der Waals surface area contributed by atoms with Gasteiger partial charge in [0.15, 0.2) is 0 Å². The topological polar surface area (TPSA) is 25.4 Å². The van der Waals surface area contributed by atoms with Gasteiger partial charge < -0.3 is 4.74 Å². The van der Waals surface area contributed by atoms with Crippen LogP contribution in [0.4, 0.5) is 4.39 Å². The van der Waals surface area contributed by atoms with Crippen LogP contribution >= 0.6 is 11.3 Å². The van der Waals surface area contributed by atoms with E-state index in [1.54, 1.807) is 11.3 Å². The predicted molar refractivity (Wildman–Crippen MR) is 102 cm³/mol. The molecule has 1 aliphatic rings. The molecule has 0 aliphatic carbocycles. The standard InChI is InChI=1S/C21H21FN2OS/c22-19-3-1-18(2-4-19)20-13-25-14-21(20)24(12-17-7-10-26-15-17)11-16-5-8-23-9-6-16/h1-10,15,20-21H,11-14H2/t20-,21+/m0/s1. The summed E-state index contributed by atoms with van der Waals surface area (Å²) < 4.78 is 19.2. The Labute approximate surface area is 157 Å². The highest BCUT2D eigenvalue weighted by atomic mass is 32.1. The number of hydrogen-bond acceptors (Lipinski definition) is 4. The first-order valence-electron chi connectivity index (χ1n) is 8.77. The highest BCUT2D eigenvalue weighted by Crippen LogP contribution is 2.31. The van der Waals surface area contributed by atoms with Gasteiger partial charge in [-0.2, -0.15) is 11.3 Å². The molecule has 134 valence electrons. The predicted octanol–water partition coefficient (Wildman–Crippen LogP) is 4.47. The molecule has 3 aromatic rings. The van der Waals surface area contributed by atoms with Crippen LogP contribution in [0.3, 0.4) is 0 Å². The molecule has 3 nitrogen and oxygen atoms in total. The van der Waals surface area contributed by atoms with Crippen LogP contribution in [0.25, 0.3) is 0 Å². The molecule has 0 spiro atoms. The average molecular weight is 368 g/mol. The Bertz CT molecular complexity index is 808. The molecular formula is C21H21FN2OS. The third kappa shape index (κ3) is 4.01. The number of rotatable bonds is 6. The van der Waals surface area contributed by atoms with Gasteiger partial charge in [0, 0.05) is 37.4 Å². The SMILES string of the molecule is Fc1ccc([C@@H]2COC[C@H]2N(Cc2ccncc2)Cc2ccsc2)cc1. The Morgan fingerprint density at radius 1 is 1.00 bits per heavy atom. The van der Waals surface area contributed by atoms with E-state index in [4.69, 9.17) is 4.74 Å². The molecule has 3 heterocycles. The van der Waals surface area contributed by atoms with Crippen molar-refractivity contribution in [1.82, 2.24) is 9.88 Å². The summed E-state index contributed by atoms with van der Waals surface area (Å²) in [5.74, 6) is 0.0483. The maximum atomic E-state index is 13.3. The molecule has 1 aromatic carbocycles. The lowest BCUT2D eigenvalue weighted by molar-refractivity contribution is 0.132. The highest BCUT2D eigenvalue weighted by Gasteiger charge is 2.34. The second-order valence-corrected chi connectivity index (χ2v) is 7.43. The minimum Gasteiger partial charge on any atom is -0.379 e. The molecule has 0 unspecified atom stereocenters. The molecule has 0 N–H and O–H groups in total. The minimum atomic E-state index is -0.198. The Morgan fingerprint density at radius 3 is 2.50 bits per heavy atom. The molecule has 2 atom stereocenters. The first-order chi connectivity index (χ1) is 12.8. The van der Waals surface area contributed by atoms with Crippen LogP contribution in [0, 0.1) is 5.82 Å². The Morgan fingerprint density at radius 2 is 1.77 bits per heavy atom. The Balaban J connectivity index is 1.59. The van der Waals surface area contributed by atoms with E-state index in [0.717, 1.165) is 18.7 Å². The Hall–Kier alpha value is -2.08. The van der Waals surface area contributed by atoms with Crippen molar-refractivity contribution in [1.29, 1.82) is 0 Å². The largest absolute Gasteiger partial charge is 0.379 e. The molecule has 0 bridgehead atoms. The summed E-state index contributed by atoms with van der Waals surface area (Å²) in [7, 11) is 0. The number of halogens is 1. The van der Waals surface area contributed by atoms with Crippen LogP contribution in [0.5, 0.6) is 0 Å². The van der Waals surface area contributed by atoms with E-state index < -0.39 is 0 Å². The summed E-state index contributed by atoms with van der Waals surface area (Å²) in [5, 5.41) is 4.31. The second-order valence-electron chi connectivity index (χ2n) is 6.65. The zero-order valence-corrected chi connectivity index (χ0v) is 15.2. The molecule has 26 heavy (non-hydrogen) atoms. The number of benzene rings is 1. The molecule has 0 radical (unpaired) electrons. The lowest BCUT2D eigenvalue weighted by Crippen LogP contribution is -2.38. The zero-order chi connectivity index (χ0) is 17.8. The van der Waals surface area contributed by atoms with Crippen molar-refractivity contribution in [2.75, 3.05) is 13.2 Å². The molecule has 5 heteroatoms. The average Bonchev–Trinajstić information content (AvgIpc) is 3.34. The van der Waals surface area contributed by atoms with Crippen LogP contribution in [-0.4, -0.2) is 29.1 Å². The molecule has 4 rings (SSSR count). The van der Waals surface area contributed by atoms with E-state index in [9.17, 15) is 4.39 Å². The van der Waals surface area contributed by atoms with Gasteiger partial charge in [0.05, 0.1) is 13.2 Å². The van der Waals surface area contributed by atoms with Crippen molar-refractivity contribution in [2.24, 2.45) is 0 Å². The van der Waals surface area contributed by atoms with Crippen molar-refractivity contribution in [2.45, 2.75) is 25.0 Å². The fourth-order valence-electron chi connectivity index (χ4n) is 3.56. The van der Waals surface area contributed by atoms with Gasteiger partial charge in [-0.15, -0.1) is 0 Å². The van der Waals surface area contributed by atoms with Gasteiger partial charge in [-0.1, -0.05) is 12.1 Å². The lowest BCUT2D eigenvalue weighted by atomic mass is 9.92. The highest BCUT2D eigenvalue weighted by molar-refractivity contribution is 7.07. The number of nitrogens with zero attached hydrogens (tertiary/aromatic N) is 2. The summed E-state index contributed by atoms with van der Waals surface area (Å²) in [6.07, 6.45) is 3.67. The fraction of sp³-hybridized carbons (Fsp3) is 0.286. The maximum absolute atomic E-state index is 13.3. The molecule has 1 aliphatic heterocycles. The van der Waals surface area contributed by atoms with Gasteiger partial charge in [-0.3, -0.25) is 9.88 Å². The smallest absolute Gasteiger partial charge is 0.123 e. The van der Waals surface area contributed by atoms with Gasteiger partial charge in [0.2, 0.25) is 0 Å². The quantitative estimate of drug-likeness (QED) is 0.642. The number of aromatic nitrogens is 1. The monoisotopic (exact) mass is 368 g/mol. The fourth-order valence-corrected chi connectivity index (χ4v) is 4.22. The summed E-state index contributed by atoms with van der Waals surface area (Å²) >= 11 is 1.72. The second kappa shape index (κ2) is 8.08. The van der Waals surface area contributed by atoms with Crippen molar-refractivity contribution in [3.8, 4) is 0 Å². The van der Waals surface area contributed by atoms with Crippen LogP contribution in [-0.2, 0) is 17.8 Å². The number of hydrogen-bond donors (Lipinski definition) is 0. The van der Waals surface area contributed by atoms with Gasteiger partial charge in [0.1, 0.15) is 5.82 Å². The molecule has 0 saturated carbocycles. The van der Waals surface area contributed by atoms with Crippen molar-refractivity contribution < 1.29 is 9.13 Å². The molecule has 1 fully saturated rings. The third-order valence-corrected chi connectivity index (χ3v) is 5.65. The molecular weight excluding hydrogens is 347 g/mol. The van der Waals surface area contributed by atoms with Gasteiger partial charge in [0.25, 0.3) is 0 Å². The van der Waals surface area contributed by atoms with E-state index in [-0.39, 0.29) is 17.8 Å². The summed E-state index contributed by atoms with van der Waals surface area (Å²) in [4.78, 5) is 6.59. The molecule has 2 aromatic heterocycles. The van der Waals surface area contributed by atoms with Crippen molar-refractivity contribution in [3.63, 3.8) is 0 Å². The van der Waals surface area contributed by atoms with Gasteiger partial charge >= 0.3 is 0 Å². The van der Waals surface area contributed by atoms with Gasteiger partial charge in [-0.25, -0.2) is 4.39 Å². The number of thiophene rings is 1. The van der Waals surface area contributed by atoms with Gasteiger partial charge in [-0.05, 0) is 57.8 Å². The van der Waals surface area contributed by atoms with Crippen LogP contribution in [0.1, 0.15) is 22.6 Å². The van der Waals surface area contributed by atoms with Crippen LogP contribution in [0.2, 0.25) is 0 Å². The zero-order valence-electron chi connectivity index (χ0n) is 14.4. The molecule has 0 amide bonds. The Kier molecular flexibility index (Phi) is 5.39. The van der Waals surface area contributed by atoms with Crippen LogP contribution < -0.4 is 0 Å². The minimum absolute atomic E-state index is 0.198. The van der Waals surface area contributed by atoms with E-state index in [0.29, 0.717) is 13.2 Å². The third-order valence-electron chi connectivity index (χ3n) is 4.92. The lowest BCUT2D eigenvalue weighted by Gasteiger charge is -2.32. The van der Waals surface area contributed by atoms with E-state index in [1.807, 2.05) is 24.5 Å². The normalized spacial score (nSPS) is 19.9. The first kappa shape index (κ1) is 17.3. The van der Waals surface area contributed by atoms with Crippen LogP contribution in [0.15, 0.2) is 65.6 Å². The maximum Gasteiger partial charge on any atom is 0.123 e. The number of pyridine rings is 1. The van der Waals surface area contributed by atoms with E-state index in [2.05, 4.69) is 38.8 Å². The molecule has 1 saturated heterocycles. The first-order valence-corrected chi connectivity index (χ1v) is 9.71. The van der Waals surface area contributed by atoms with Crippen molar-refractivity contribution >= 4 is 11.3 Å². The summed E-state index contributed by atoms with van der Waals surface area (Å²) in [6, 6.07) is 13.4.